The summed E-state index contributed by atoms with van der Waals surface area (Å²) in [5.41, 5.74) is -0.364. The molecule has 7 heteroatoms. The molecule has 1 aromatic rings. The molecule has 1 saturated carbocycles. The maximum atomic E-state index is 9.57. The Kier molecular flexibility index (Phi) is 5.73. The molecule has 1 aromatic heterocycles. The standard InChI is InChI=1S/C13H20N4S3/c1-9(2)15-13(8-14)6-4-5-10(7-13)19-12-17-16-11(18-3)20-12/h9-10,15H,4-7H2,1-3H3. The van der Waals surface area contributed by atoms with Crippen molar-refractivity contribution in [2.24, 2.45) is 0 Å². The third-order valence-corrected chi connectivity index (χ3v) is 6.57. The van der Waals surface area contributed by atoms with Crippen molar-refractivity contribution < 1.29 is 0 Å². The van der Waals surface area contributed by atoms with Crippen LogP contribution in [0.2, 0.25) is 0 Å². The van der Waals surface area contributed by atoms with E-state index in [1.165, 1.54) is 0 Å². The lowest BCUT2D eigenvalue weighted by Crippen LogP contribution is -2.51. The molecule has 0 saturated heterocycles. The number of nitriles is 1. The summed E-state index contributed by atoms with van der Waals surface area (Å²) in [4.78, 5) is 0. The Balaban J connectivity index is 2.00. The summed E-state index contributed by atoms with van der Waals surface area (Å²) >= 11 is 5.07. The molecule has 0 aromatic carbocycles. The Hall–Kier alpha value is -0.290. The van der Waals surface area contributed by atoms with E-state index < -0.39 is 0 Å². The molecule has 1 N–H and O–H groups in total. The summed E-state index contributed by atoms with van der Waals surface area (Å²) in [6.07, 6.45) is 6.11. The van der Waals surface area contributed by atoms with E-state index in [1.807, 2.05) is 6.26 Å². The lowest BCUT2D eigenvalue weighted by atomic mass is 9.82. The van der Waals surface area contributed by atoms with Gasteiger partial charge in [-0.2, -0.15) is 5.26 Å². The molecule has 2 rings (SSSR count). The van der Waals surface area contributed by atoms with Crippen LogP contribution in [0.1, 0.15) is 39.5 Å². The van der Waals surface area contributed by atoms with E-state index in [9.17, 15) is 5.26 Å². The van der Waals surface area contributed by atoms with Crippen LogP contribution < -0.4 is 5.32 Å². The number of hydrogen-bond acceptors (Lipinski definition) is 7. The fraction of sp³-hybridized carbons (Fsp3) is 0.769. The van der Waals surface area contributed by atoms with Gasteiger partial charge in [0.1, 0.15) is 5.54 Å². The molecule has 0 spiro atoms. The van der Waals surface area contributed by atoms with Crippen molar-refractivity contribution in [2.45, 2.75) is 65.0 Å². The highest BCUT2D eigenvalue weighted by Crippen LogP contribution is 2.40. The summed E-state index contributed by atoms with van der Waals surface area (Å²) in [7, 11) is 0. The zero-order chi connectivity index (χ0) is 14.6. The first-order valence-electron chi connectivity index (χ1n) is 6.80. The molecule has 2 unspecified atom stereocenters. The Morgan fingerprint density at radius 3 is 2.80 bits per heavy atom. The van der Waals surface area contributed by atoms with Gasteiger partial charge in [-0.05, 0) is 45.8 Å². The average Bonchev–Trinajstić information content (AvgIpc) is 2.86. The first kappa shape index (κ1) is 16.1. The van der Waals surface area contributed by atoms with E-state index >= 15 is 0 Å². The van der Waals surface area contributed by atoms with Crippen molar-refractivity contribution >= 4 is 34.9 Å². The number of hydrogen-bond donors (Lipinski definition) is 1. The molecular weight excluding hydrogens is 308 g/mol. The maximum Gasteiger partial charge on any atom is 0.175 e. The molecule has 20 heavy (non-hydrogen) atoms. The van der Waals surface area contributed by atoms with Gasteiger partial charge in [0.05, 0.1) is 6.07 Å². The van der Waals surface area contributed by atoms with Crippen molar-refractivity contribution in [3.63, 3.8) is 0 Å². The van der Waals surface area contributed by atoms with E-state index in [2.05, 4.69) is 35.4 Å². The van der Waals surface area contributed by atoms with Gasteiger partial charge in [-0.1, -0.05) is 34.9 Å². The maximum absolute atomic E-state index is 9.57. The third-order valence-electron chi connectivity index (χ3n) is 3.31. The normalized spacial score (nSPS) is 26.6. The number of thioether (sulfide) groups is 2. The monoisotopic (exact) mass is 328 g/mol. The van der Waals surface area contributed by atoms with Crippen LogP contribution in [0.5, 0.6) is 0 Å². The van der Waals surface area contributed by atoms with Gasteiger partial charge in [0.15, 0.2) is 8.68 Å². The van der Waals surface area contributed by atoms with Gasteiger partial charge >= 0.3 is 0 Å². The van der Waals surface area contributed by atoms with E-state index in [-0.39, 0.29) is 5.54 Å². The number of aromatic nitrogens is 2. The molecule has 1 heterocycles. The van der Waals surface area contributed by atoms with Crippen molar-refractivity contribution in [1.29, 1.82) is 5.26 Å². The Morgan fingerprint density at radius 2 is 2.20 bits per heavy atom. The first-order chi connectivity index (χ1) is 9.57. The summed E-state index contributed by atoms with van der Waals surface area (Å²) in [6.45, 7) is 4.21. The van der Waals surface area contributed by atoms with E-state index in [4.69, 9.17) is 0 Å². The lowest BCUT2D eigenvalue weighted by molar-refractivity contribution is 0.284. The van der Waals surface area contributed by atoms with Crippen LogP contribution in [0.25, 0.3) is 0 Å². The minimum absolute atomic E-state index is 0.336. The summed E-state index contributed by atoms with van der Waals surface area (Å²) in [5, 5.41) is 21.8. The molecule has 1 fully saturated rings. The lowest BCUT2D eigenvalue weighted by Gasteiger charge is -2.37. The molecule has 1 aliphatic rings. The van der Waals surface area contributed by atoms with Gasteiger partial charge in [-0.3, -0.25) is 5.32 Å². The molecule has 0 radical (unpaired) electrons. The smallest absolute Gasteiger partial charge is 0.175 e. The SMILES string of the molecule is CSc1nnc(SC2CCCC(C#N)(NC(C)C)C2)s1. The molecule has 0 bridgehead atoms. The predicted molar refractivity (Wildman–Crippen MR) is 86.4 cm³/mol. The van der Waals surface area contributed by atoms with Crippen molar-refractivity contribution in [2.75, 3.05) is 6.26 Å². The zero-order valence-electron chi connectivity index (χ0n) is 12.0. The van der Waals surface area contributed by atoms with Crippen LogP contribution in [-0.4, -0.2) is 33.3 Å². The minimum atomic E-state index is -0.364. The van der Waals surface area contributed by atoms with Crippen molar-refractivity contribution in [3.8, 4) is 6.07 Å². The van der Waals surface area contributed by atoms with Gasteiger partial charge in [0.25, 0.3) is 0 Å². The van der Waals surface area contributed by atoms with E-state index in [1.54, 1.807) is 34.9 Å². The minimum Gasteiger partial charge on any atom is -0.297 e. The summed E-state index contributed by atoms with van der Waals surface area (Å²) in [6, 6.07) is 2.86. The molecule has 1 aliphatic carbocycles. The summed E-state index contributed by atoms with van der Waals surface area (Å²) < 4.78 is 2.03. The average molecular weight is 329 g/mol. The number of nitrogens with zero attached hydrogens (tertiary/aromatic N) is 3. The van der Waals surface area contributed by atoms with E-state index in [0.717, 1.165) is 34.4 Å². The molecule has 110 valence electrons. The topological polar surface area (TPSA) is 61.6 Å². The molecule has 0 aliphatic heterocycles. The van der Waals surface area contributed by atoms with Crippen LogP contribution in [-0.2, 0) is 0 Å². The van der Waals surface area contributed by atoms with Gasteiger partial charge in [-0.15, -0.1) is 10.2 Å². The van der Waals surface area contributed by atoms with Gasteiger partial charge < -0.3 is 0 Å². The first-order valence-corrected chi connectivity index (χ1v) is 9.72. The largest absolute Gasteiger partial charge is 0.297 e. The molecule has 2 atom stereocenters. The van der Waals surface area contributed by atoms with Gasteiger partial charge in [0.2, 0.25) is 0 Å². The van der Waals surface area contributed by atoms with Gasteiger partial charge in [-0.25, -0.2) is 0 Å². The van der Waals surface area contributed by atoms with Crippen molar-refractivity contribution in [3.05, 3.63) is 0 Å². The molecule has 4 nitrogen and oxygen atoms in total. The number of rotatable bonds is 5. The van der Waals surface area contributed by atoms with Crippen LogP contribution in [0.4, 0.5) is 0 Å². The predicted octanol–water partition coefficient (Wildman–Crippen LogP) is 3.56. The molecular formula is C13H20N4S3. The van der Waals surface area contributed by atoms with Crippen LogP contribution >= 0.6 is 34.9 Å². The Bertz CT molecular complexity index is 482. The van der Waals surface area contributed by atoms with E-state index in [0.29, 0.717) is 11.3 Å². The molecule has 0 amide bonds. The third kappa shape index (κ3) is 4.10. The van der Waals surface area contributed by atoms with Crippen molar-refractivity contribution in [1.82, 2.24) is 15.5 Å². The highest BCUT2D eigenvalue weighted by molar-refractivity contribution is 8.03. The second-order valence-electron chi connectivity index (χ2n) is 5.37. The zero-order valence-corrected chi connectivity index (χ0v) is 14.5. The second-order valence-corrected chi connectivity index (χ2v) is 8.95. The fourth-order valence-electron chi connectivity index (χ4n) is 2.61. The Morgan fingerprint density at radius 1 is 1.45 bits per heavy atom. The summed E-state index contributed by atoms with van der Waals surface area (Å²) in [5.74, 6) is 0. The number of nitrogens with one attached hydrogen (secondary N) is 1. The van der Waals surface area contributed by atoms with Gasteiger partial charge in [0, 0.05) is 11.3 Å². The van der Waals surface area contributed by atoms with Crippen LogP contribution in [0, 0.1) is 11.3 Å². The van der Waals surface area contributed by atoms with Crippen LogP contribution in [0.3, 0.4) is 0 Å². The highest BCUT2D eigenvalue weighted by Gasteiger charge is 2.37. The second kappa shape index (κ2) is 7.12. The fourth-order valence-corrected chi connectivity index (χ4v) is 5.64. The highest BCUT2D eigenvalue weighted by atomic mass is 32.2. The Labute approximate surface area is 133 Å². The quantitative estimate of drug-likeness (QED) is 0.834. The van der Waals surface area contributed by atoms with Crippen LogP contribution in [0.15, 0.2) is 8.68 Å².